The molecule has 6 heteroatoms. The first-order chi connectivity index (χ1) is 13.1. The highest BCUT2D eigenvalue weighted by Gasteiger charge is 2.21. The third kappa shape index (κ3) is 4.00. The maximum atomic E-state index is 12.4. The highest BCUT2D eigenvalue weighted by atomic mass is 16.5. The Hall–Kier alpha value is -2.34. The number of aryl methyl sites for hydroxylation is 1. The van der Waals surface area contributed by atoms with Crippen LogP contribution in [0.25, 0.3) is 10.9 Å². The van der Waals surface area contributed by atoms with Crippen molar-refractivity contribution >= 4 is 22.8 Å². The number of nitrogens with one attached hydrogen (secondary N) is 2. The van der Waals surface area contributed by atoms with Gasteiger partial charge in [0.2, 0.25) is 0 Å². The first kappa shape index (κ1) is 18.0. The molecule has 0 bridgehead atoms. The van der Waals surface area contributed by atoms with Gasteiger partial charge in [0.25, 0.3) is 5.91 Å². The number of rotatable bonds is 5. The van der Waals surface area contributed by atoms with Gasteiger partial charge in [0.1, 0.15) is 0 Å². The average molecular weight is 370 g/mol. The van der Waals surface area contributed by atoms with E-state index in [0.29, 0.717) is 18.0 Å². The van der Waals surface area contributed by atoms with Gasteiger partial charge in [-0.2, -0.15) is 0 Å². The van der Waals surface area contributed by atoms with Crippen LogP contribution in [0.1, 0.15) is 47.8 Å². The lowest BCUT2D eigenvalue weighted by molar-refractivity contribution is -0.124. The normalized spacial score (nSPS) is 21.8. The monoisotopic (exact) mass is 370 g/mol. The number of hydrogen-bond acceptors (Lipinski definition) is 4. The molecule has 4 rings (SSSR count). The summed E-state index contributed by atoms with van der Waals surface area (Å²) in [4.78, 5) is 27.7. The Morgan fingerprint density at radius 3 is 3.04 bits per heavy atom. The number of carbonyl (C=O) groups excluding carboxylic acids is 2. The van der Waals surface area contributed by atoms with Crippen LogP contribution >= 0.6 is 0 Å². The molecule has 1 aliphatic carbocycles. The summed E-state index contributed by atoms with van der Waals surface area (Å²) in [7, 11) is 0. The van der Waals surface area contributed by atoms with Crippen molar-refractivity contribution in [3.05, 3.63) is 35.0 Å². The molecule has 2 heterocycles. The molecular formula is C21H26N2O4. The summed E-state index contributed by atoms with van der Waals surface area (Å²) in [6, 6.07) is 5.56. The van der Waals surface area contributed by atoms with Gasteiger partial charge >= 0.3 is 5.97 Å². The number of amides is 1. The van der Waals surface area contributed by atoms with E-state index in [1.165, 1.54) is 17.7 Å². The lowest BCUT2D eigenvalue weighted by Gasteiger charge is -2.18. The van der Waals surface area contributed by atoms with Gasteiger partial charge in [0.15, 0.2) is 6.61 Å². The Morgan fingerprint density at radius 2 is 2.22 bits per heavy atom. The summed E-state index contributed by atoms with van der Waals surface area (Å²) in [6.07, 6.45) is 5.33. The second kappa shape index (κ2) is 7.72. The number of benzene rings is 1. The molecule has 2 atom stereocenters. The highest BCUT2D eigenvalue weighted by Crippen LogP contribution is 2.32. The van der Waals surface area contributed by atoms with Crippen molar-refractivity contribution in [3.63, 3.8) is 0 Å². The SMILES string of the molecule is C[C@@H]1CCc2[nH]c3ccc(C(=O)OCC(=O)NC[C@H]4CCCO4)cc3c2C1. The number of aromatic amines is 1. The van der Waals surface area contributed by atoms with E-state index in [1.807, 2.05) is 12.1 Å². The highest BCUT2D eigenvalue weighted by molar-refractivity contribution is 5.97. The Bertz CT molecular complexity index is 851. The van der Waals surface area contributed by atoms with E-state index in [4.69, 9.17) is 9.47 Å². The third-order valence-corrected chi connectivity index (χ3v) is 5.56. The van der Waals surface area contributed by atoms with Gasteiger partial charge in [0.05, 0.1) is 11.7 Å². The largest absolute Gasteiger partial charge is 0.452 e. The zero-order chi connectivity index (χ0) is 18.8. The molecule has 0 spiro atoms. The fourth-order valence-corrected chi connectivity index (χ4v) is 4.02. The Balaban J connectivity index is 1.37. The van der Waals surface area contributed by atoms with Gasteiger partial charge in [-0.3, -0.25) is 4.79 Å². The van der Waals surface area contributed by atoms with Crippen molar-refractivity contribution in [3.8, 4) is 0 Å². The van der Waals surface area contributed by atoms with E-state index in [-0.39, 0.29) is 18.6 Å². The number of hydrogen-bond donors (Lipinski definition) is 2. The number of ether oxygens (including phenoxy) is 2. The van der Waals surface area contributed by atoms with E-state index in [0.717, 1.165) is 43.2 Å². The Kier molecular flexibility index (Phi) is 5.16. The molecule has 6 nitrogen and oxygen atoms in total. The molecule has 1 fully saturated rings. The summed E-state index contributed by atoms with van der Waals surface area (Å²) in [6.45, 7) is 3.20. The first-order valence-corrected chi connectivity index (χ1v) is 9.79. The van der Waals surface area contributed by atoms with Crippen LogP contribution < -0.4 is 5.32 Å². The predicted octanol–water partition coefficient (Wildman–Crippen LogP) is 2.74. The van der Waals surface area contributed by atoms with Gasteiger partial charge in [-0.25, -0.2) is 4.79 Å². The molecule has 1 aromatic carbocycles. The van der Waals surface area contributed by atoms with Gasteiger partial charge < -0.3 is 19.8 Å². The minimum absolute atomic E-state index is 0.0780. The Labute approximate surface area is 158 Å². The molecule has 1 aliphatic heterocycles. The predicted molar refractivity (Wildman–Crippen MR) is 102 cm³/mol. The number of carbonyl (C=O) groups is 2. The van der Waals surface area contributed by atoms with Crippen molar-refractivity contribution in [1.29, 1.82) is 0 Å². The molecule has 2 aliphatic rings. The molecular weight excluding hydrogens is 344 g/mol. The minimum atomic E-state index is -0.469. The first-order valence-electron chi connectivity index (χ1n) is 9.79. The van der Waals surface area contributed by atoms with E-state index < -0.39 is 5.97 Å². The lowest BCUT2D eigenvalue weighted by atomic mass is 9.87. The van der Waals surface area contributed by atoms with Crippen LogP contribution in [0.5, 0.6) is 0 Å². The summed E-state index contributed by atoms with van der Waals surface area (Å²) in [5.74, 6) is -0.115. The third-order valence-electron chi connectivity index (χ3n) is 5.56. The van der Waals surface area contributed by atoms with Crippen LogP contribution in [0.3, 0.4) is 0 Å². The van der Waals surface area contributed by atoms with E-state index in [2.05, 4.69) is 17.2 Å². The number of esters is 1. The van der Waals surface area contributed by atoms with E-state index in [9.17, 15) is 9.59 Å². The number of H-pyrrole nitrogens is 1. The molecule has 0 unspecified atom stereocenters. The standard InChI is InChI=1S/C21H26N2O4/c1-13-4-6-18-16(9-13)17-10-14(5-7-19(17)23-18)21(25)27-12-20(24)22-11-15-3-2-8-26-15/h5,7,10,13,15,23H,2-4,6,8-9,11-12H2,1H3,(H,22,24)/t13-,15-/m1/s1. The molecule has 144 valence electrons. The summed E-state index contributed by atoms with van der Waals surface area (Å²) in [5, 5.41) is 3.85. The quantitative estimate of drug-likeness (QED) is 0.793. The van der Waals surface area contributed by atoms with Crippen LogP contribution in [0, 0.1) is 5.92 Å². The minimum Gasteiger partial charge on any atom is -0.452 e. The van der Waals surface area contributed by atoms with Crippen molar-refractivity contribution in [2.24, 2.45) is 5.92 Å². The molecule has 1 aromatic heterocycles. The Morgan fingerprint density at radius 1 is 1.33 bits per heavy atom. The van der Waals surface area contributed by atoms with Crippen molar-refractivity contribution in [1.82, 2.24) is 10.3 Å². The molecule has 0 radical (unpaired) electrons. The lowest BCUT2D eigenvalue weighted by Crippen LogP contribution is -2.34. The van der Waals surface area contributed by atoms with Crippen LogP contribution in [-0.4, -0.2) is 42.7 Å². The van der Waals surface area contributed by atoms with Gasteiger partial charge in [0, 0.05) is 29.7 Å². The maximum absolute atomic E-state index is 12.4. The fourth-order valence-electron chi connectivity index (χ4n) is 4.02. The van der Waals surface area contributed by atoms with Crippen LogP contribution in [0.4, 0.5) is 0 Å². The van der Waals surface area contributed by atoms with Gasteiger partial charge in [-0.05, 0) is 61.8 Å². The average Bonchev–Trinajstić information content (AvgIpc) is 3.31. The second-order valence-corrected chi connectivity index (χ2v) is 7.71. The smallest absolute Gasteiger partial charge is 0.338 e. The fraction of sp³-hybridized carbons (Fsp3) is 0.524. The summed E-state index contributed by atoms with van der Waals surface area (Å²) < 4.78 is 10.7. The van der Waals surface area contributed by atoms with Crippen molar-refractivity contribution in [2.45, 2.75) is 45.1 Å². The second-order valence-electron chi connectivity index (χ2n) is 7.71. The molecule has 27 heavy (non-hydrogen) atoms. The topological polar surface area (TPSA) is 80.4 Å². The summed E-state index contributed by atoms with van der Waals surface area (Å²) in [5.41, 5.74) is 4.13. The van der Waals surface area contributed by atoms with Gasteiger partial charge in [-0.15, -0.1) is 0 Å². The molecule has 0 saturated carbocycles. The van der Waals surface area contributed by atoms with E-state index in [1.54, 1.807) is 6.07 Å². The molecule has 2 N–H and O–H groups in total. The van der Waals surface area contributed by atoms with Crippen molar-refractivity contribution < 1.29 is 19.1 Å². The molecule has 2 aromatic rings. The molecule has 1 amide bonds. The zero-order valence-corrected chi connectivity index (χ0v) is 15.7. The summed E-state index contributed by atoms with van der Waals surface area (Å²) >= 11 is 0. The maximum Gasteiger partial charge on any atom is 0.338 e. The van der Waals surface area contributed by atoms with Gasteiger partial charge in [-0.1, -0.05) is 6.92 Å². The van der Waals surface area contributed by atoms with Crippen molar-refractivity contribution in [2.75, 3.05) is 19.8 Å². The van der Waals surface area contributed by atoms with Crippen LogP contribution in [0.2, 0.25) is 0 Å². The van der Waals surface area contributed by atoms with E-state index >= 15 is 0 Å². The van der Waals surface area contributed by atoms with Crippen LogP contribution in [-0.2, 0) is 27.1 Å². The molecule has 1 saturated heterocycles. The number of fused-ring (bicyclic) bond motifs is 3. The number of aromatic nitrogens is 1. The van der Waals surface area contributed by atoms with Crippen LogP contribution in [0.15, 0.2) is 18.2 Å². The zero-order valence-electron chi connectivity index (χ0n) is 15.7.